The van der Waals surface area contributed by atoms with Crippen LogP contribution in [0, 0.1) is 11.6 Å². The van der Waals surface area contributed by atoms with E-state index in [2.05, 4.69) is 25.9 Å². The standard InChI is InChI=1S/C10H12F2N6/c1-13-9-7(11)6-8(12)10(16-9)14-2-4-18-5-3-15-17-18/h3,5-6H,2,4H2,1H3,(H2,13,14,16). The Morgan fingerprint density at radius 2 is 2.06 bits per heavy atom. The molecule has 0 aliphatic heterocycles. The summed E-state index contributed by atoms with van der Waals surface area (Å²) in [6.07, 6.45) is 3.24. The first kappa shape index (κ1) is 12.2. The second kappa shape index (κ2) is 5.39. The van der Waals surface area contributed by atoms with Gasteiger partial charge in [0, 0.05) is 25.9 Å². The molecule has 2 aromatic rings. The molecular formula is C10H12F2N6. The SMILES string of the molecule is CNc1nc(NCCn2ccnn2)c(F)cc1F. The van der Waals surface area contributed by atoms with Crippen LogP contribution in [-0.2, 0) is 6.54 Å². The Hall–Kier alpha value is -2.25. The molecule has 0 saturated carbocycles. The van der Waals surface area contributed by atoms with Crippen molar-refractivity contribution in [2.24, 2.45) is 0 Å². The number of hydrogen-bond acceptors (Lipinski definition) is 5. The van der Waals surface area contributed by atoms with Crippen molar-refractivity contribution in [3.8, 4) is 0 Å². The molecule has 0 unspecified atom stereocenters. The summed E-state index contributed by atoms with van der Waals surface area (Å²) in [5.74, 6) is -1.46. The number of halogens is 2. The second-order valence-electron chi connectivity index (χ2n) is 3.49. The van der Waals surface area contributed by atoms with Gasteiger partial charge in [-0.25, -0.2) is 13.8 Å². The van der Waals surface area contributed by atoms with E-state index in [1.807, 2.05) is 0 Å². The van der Waals surface area contributed by atoms with Crippen molar-refractivity contribution in [2.45, 2.75) is 6.54 Å². The van der Waals surface area contributed by atoms with Crippen molar-refractivity contribution in [2.75, 3.05) is 24.2 Å². The van der Waals surface area contributed by atoms with Gasteiger partial charge in [-0.2, -0.15) is 0 Å². The minimum Gasteiger partial charge on any atom is -0.371 e. The zero-order valence-corrected chi connectivity index (χ0v) is 9.69. The minimum atomic E-state index is -0.731. The van der Waals surface area contributed by atoms with E-state index in [1.165, 1.54) is 7.05 Å². The van der Waals surface area contributed by atoms with Crippen LogP contribution in [0.2, 0.25) is 0 Å². The maximum absolute atomic E-state index is 13.4. The Balaban J connectivity index is 2.00. The Labute approximate surface area is 102 Å². The smallest absolute Gasteiger partial charge is 0.168 e. The molecule has 2 N–H and O–H groups in total. The zero-order valence-electron chi connectivity index (χ0n) is 9.69. The molecule has 0 fully saturated rings. The van der Waals surface area contributed by atoms with Gasteiger partial charge in [0.05, 0.1) is 12.7 Å². The minimum absolute atomic E-state index is 0.000319. The fourth-order valence-corrected chi connectivity index (χ4v) is 1.41. The Kier molecular flexibility index (Phi) is 3.66. The number of pyridine rings is 1. The quantitative estimate of drug-likeness (QED) is 0.836. The highest BCUT2D eigenvalue weighted by molar-refractivity contribution is 5.47. The highest BCUT2D eigenvalue weighted by Gasteiger charge is 2.10. The van der Waals surface area contributed by atoms with E-state index in [9.17, 15) is 8.78 Å². The molecule has 6 nitrogen and oxygen atoms in total. The van der Waals surface area contributed by atoms with Crippen molar-refractivity contribution in [1.82, 2.24) is 20.0 Å². The summed E-state index contributed by atoms with van der Waals surface area (Å²) in [6, 6.07) is 0.788. The van der Waals surface area contributed by atoms with Gasteiger partial charge in [0.25, 0.3) is 0 Å². The van der Waals surface area contributed by atoms with Gasteiger partial charge in [-0.1, -0.05) is 5.21 Å². The predicted molar refractivity (Wildman–Crippen MR) is 62.2 cm³/mol. The molecule has 2 heterocycles. The summed E-state index contributed by atoms with van der Waals surface area (Å²) in [7, 11) is 1.52. The van der Waals surface area contributed by atoms with Gasteiger partial charge in [0.15, 0.2) is 23.3 Å². The number of nitrogens with one attached hydrogen (secondary N) is 2. The fourth-order valence-electron chi connectivity index (χ4n) is 1.41. The maximum Gasteiger partial charge on any atom is 0.168 e. The predicted octanol–water partition coefficient (Wildman–Crippen LogP) is 1.11. The van der Waals surface area contributed by atoms with Crippen LogP contribution in [-0.4, -0.2) is 33.6 Å². The zero-order chi connectivity index (χ0) is 13.0. The second-order valence-corrected chi connectivity index (χ2v) is 3.49. The molecule has 0 bridgehead atoms. The third kappa shape index (κ3) is 2.70. The van der Waals surface area contributed by atoms with Crippen molar-refractivity contribution in [1.29, 1.82) is 0 Å². The highest BCUT2D eigenvalue weighted by Crippen LogP contribution is 2.18. The molecule has 0 radical (unpaired) electrons. The average Bonchev–Trinajstić information content (AvgIpc) is 2.85. The van der Waals surface area contributed by atoms with E-state index in [1.54, 1.807) is 17.1 Å². The molecule has 0 amide bonds. The van der Waals surface area contributed by atoms with Crippen LogP contribution in [0.1, 0.15) is 0 Å². The first-order chi connectivity index (χ1) is 8.70. The van der Waals surface area contributed by atoms with Crippen LogP contribution < -0.4 is 10.6 Å². The molecule has 18 heavy (non-hydrogen) atoms. The first-order valence-electron chi connectivity index (χ1n) is 5.32. The molecule has 8 heteroatoms. The molecule has 2 rings (SSSR count). The summed E-state index contributed by atoms with van der Waals surface area (Å²) in [6.45, 7) is 0.912. The van der Waals surface area contributed by atoms with Crippen LogP contribution in [0.25, 0.3) is 0 Å². The van der Waals surface area contributed by atoms with E-state index in [0.717, 1.165) is 6.07 Å². The maximum atomic E-state index is 13.4. The van der Waals surface area contributed by atoms with Crippen LogP contribution in [0.3, 0.4) is 0 Å². The summed E-state index contributed by atoms with van der Waals surface area (Å²) in [5, 5.41) is 12.7. The van der Waals surface area contributed by atoms with Gasteiger partial charge in [-0.15, -0.1) is 5.10 Å². The highest BCUT2D eigenvalue weighted by atomic mass is 19.1. The summed E-state index contributed by atoms with van der Waals surface area (Å²) in [4.78, 5) is 3.79. The van der Waals surface area contributed by atoms with Gasteiger partial charge in [0.1, 0.15) is 0 Å². The molecule has 0 saturated heterocycles. The van der Waals surface area contributed by atoms with Crippen molar-refractivity contribution < 1.29 is 8.78 Å². The van der Waals surface area contributed by atoms with Crippen LogP contribution >= 0.6 is 0 Å². The van der Waals surface area contributed by atoms with Gasteiger partial charge >= 0.3 is 0 Å². The molecule has 0 aromatic carbocycles. The number of nitrogens with zero attached hydrogens (tertiary/aromatic N) is 4. The van der Waals surface area contributed by atoms with E-state index >= 15 is 0 Å². The first-order valence-corrected chi connectivity index (χ1v) is 5.32. The van der Waals surface area contributed by atoms with Gasteiger partial charge in [-0.05, 0) is 0 Å². The van der Waals surface area contributed by atoms with E-state index < -0.39 is 11.6 Å². The molecule has 0 spiro atoms. The largest absolute Gasteiger partial charge is 0.371 e. The van der Waals surface area contributed by atoms with E-state index in [-0.39, 0.29) is 11.6 Å². The molecule has 0 aliphatic carbocycles. The number of hydrogen-bond donors (Lipinski definition) is 2. The lowest BCUT2D eigenvalue weighted by Gasteiger charge is -2.09. The summed E-state index contributed by atoms with van der Waals surface area (Å²) < 4.78 is 28.2. The van der Waals surface area contributed by atoms with E-state index in [0.29, 0.717) is 13.1 Å². The van der Waals surface area contributed by atoms with Gasteiger partial charge in [-0.3, -0.25) is 4.68 Å². The Bertz CT molecular complexity index is 513. The lowest BCUT2D eigenvalue weighted by atomic mass is 10.4. The molecule has 0 atom stereocenters. The van der Waals surface area contributed by atoms with Gasteiger partial charge in [0.2, 0.25) is 0 Å². The normalized spacial score (nSPS) is 10.4. The lowest BCUT2D eigenvalue weighted by Crippen LogP contribution is -2.13. The molecule has 0 aliphatic rings. The Morgan fingerprint density at radius 3 is 2.72 bits per heavy atom. The van der Waals surface area contributed by atoms with Crippen molar-refractivity contribution in [3.63, 3.8) is 0 Å². The van der Waals surface area contributed by atoms with E-state index in [4.69, 9.17) is 0 Å². The summed E-state index contributed by atoms with van der Waals surface area (Å²) in [5.41, 5.74) is 0. The van der Waals surface area contributed by atoms with Gasteiger partial charge < -0.3 is 10.6 Å². The fraction of sp³-hybridized carbons (Fsp3) is 0.300. The number of anilines is 2. The van der Waals surface area contributed by atoms with Crippen LogP contribution in [0.5, 0.6) is 0 Å². The molecule has 2 aromatic heterocycles. The lowest BCUT2D eigenvalue weighted by molar-refractivity contribution is 0.574. The number of aromatic nitrogens is 4. The van der Waals surface area contributed by atoms with Crippen molar-refractivity contribution >= 4 is 11.6 Å². The third-order valence-electron chi connectivity index (χ3n) is 2.27. The third-order valence-corrected chi connectivity index (χ3v) is 2.27. The molecular weight excluding hydrogens is 242 g/mol. The summed E-state index contributed by atoms with van der Waals surface area (Å²) >= 11 is 0. The van der Waals surface area contributed by atoms with Crippen LogP contribution in [0.15, 0.2) is 18.5 Å². The molecule has 96 valence electrons. The number of rotatable bonds is 5. The van der Waals surface area contributed by atoms with Crippen molar-refractivity contribution in [3.05, 3.63) is 30.1 Å². The Morgan fingerprint density at radius 1 is 1.28 bits per heavy atom. The monoisotopic (exact) mass is 254 g/mol. The topological polar surface area (TPSA) is 67.7 Å². The van der Waals surface area contributed by atoms with Crippen LogP contribution in [0.4, 0.5) is 20.4 Å². The average molecular weight is 254 g/mol.